The summed E-state index contributed by atoms with van der Waals surface area (Å²) in [6.07, 6.45) is 0. The van der Waals surface area contributed by atoms with E-state index in [4.69, 9.17) is 34.8 Å². The molecule has 0 fully saturated rings. The van der Waals surface area contributed by atoms with Crippen molar-refractivity contribution >= 4 is 61.9 Å². The van der Waals surface area contributed by atoms with Crippen molar-refractivity contribution < 1.29 is 13.2 Å². The average Bonchev–Trinajstić information content (AvgIpc) is 3.06. The van der Waals surface area contributed by atoms with Gasteiger partial charge in [-0.15, -0.1) is 11.3 Å². The topological polar surface area (TPSA) is 63.2 Å². The van der Waals surface area contributed by atoms with Crippen LogP contribution in [0.15, 0.2) is 52.1 Å². The van der Waals surface area contributed by atoms with Crippen molar-refractivity contribution in [3.8, 4) is 0 Å². The van der Waals surface area contributed by atoms with Gasteiger partial charge in [-0.05, 0) is 17.0 Å². The minimum absolute atomic E-state index is 0.150. The Morgan fingerprint density at radius 2 is 1.75 bits per heavy atom. The summed E-state index contributed by atoms with van der Waals surface area (Å²) >= 11 is 18.1. The van der Waals surface area contributed by atoms with E-state index in [1.165, 1.54) is 13.0 Å². The molecule has 0 radical (unpaired) electrons. The Labute approximate surface area is 159 Å². The lowest BCUT2D eigenvalue weighted by Crippen LogP contribution is -2.39. The van der Waals surface area contributed by atoms with Crippen LogP contribution in [0.3, 0.4) is 0 Å². The summed E-state index contributed by atoms with van der Waals surface area (Å²) in [6.45, 7) is 1.53. The minimum atomic E-state index is -3.80. The fourth-order valence-corrected chi connectivity index (χ4v) is 5.00. The molecule has 130 valence electrons. The highest BCUT2D eigenvalue weighted by Crippen LogP contribution is 2.35. The van der Waals surface area contributed by atoms with E-state index >= 15 is 0 Å². The van der Waals surface area contributed by atoms with Gasteiger partial charge in [0.15, 0.2) is 5.78 Å². The van der Waals surface area contributed by atoms with Crippen LogP contribution in [0.25, 0.3) is 0 Å². The molecule has 1 N–H and O–H groups in total. The summed E-state index contributed by atoms with van der Waals surface area (Å²) in [5, 5.41) is 1.65. The van der Waals surface area contributed by atoms with Gasteiger partial charge in [-0.2, -0.15) is 0 Å². The van der Waals surface area contributed by atoms with E-state index in [0.29, 0.717) is 5.56 Å². The number of halogens is 3. The molecule has 1 aromatic heterocycles. The van der Waals surface area contributed by atoms with Crippen LogP contribution in [0.4, 0.5) is 0 Å². The lowest BCUT2D eigenvalue weighted by atomic mass is 9.92. The zero-order valence-electron chi connectivity index (χ0n) is 12.4. The molecule has 1 heterocycles. The Morgan fingerprint density at radius 1 is 1.12 bits per heavy atom. The van der Waals surface area contributed by atoms with Gasteiger partial charge in [0.2, 0.25) is 3.79 Å². The molecule has 2 aromatic rings. The first-order valence-corrected chi connectivity index (χ1v) is 10.3. The first-order chi connectivity index (χ1) is 11.1. The molecule has 9 heteroatoms. The molecule has 1 aromatic carbocycles. The number of Topliss-reactive ketones (excluding diaryl/α,β-unsaturated/α-hetero) is 1. The summed E-state index contributed by atoms with van der Waals surface area (Å²) < 4.78 is 25.7. The van der Waals surface area contributed by atoms with Gasteiger partial charge < -0.3 is 0 Å². The van der Waals surface area contributed by atoms with Crippen molar-refractivity contribution in [2.75, 3.05) is 0 Å². The molecule has 0 saturated carbocycles. The van der Waals surface area contributed by atoms with Gasteiger partial charge in [0, 0.05) is 5.92 Å². The highest BCUT2D eigenvalue weighted by atomic mass is 35.6. The summed E-state index contributed by atoms with van der Waals surface area (Å²) in [5.74, 6) is -1.56. The smallest absolute Gasteiger partial charge is 0.250 e. The minimum Gasteiger partial charge on any atom is -0.294 e. The monoisotopic (exact) mass is 425 g/mol. The van der Waals surface area contributed by atoms with Crippen molar-refractivity contribution in [3.05, 3.63) is 53.4 Å². The Balaban J connectivity index is 2.40. The van der Waals surface area contributed by atoms with Gasteiger partial charge in [0.25, 0.3) is 10.0 Å². The maximum atomic E-state index is 12.5. The lowest BCUT2D eigenvalue weighted by molar-refractivity contribution is -0.122. The third-order valence-corrected chi connectivity index (χ3v) is 6.79. The van der Waals surface area contributed by atoms with Gasteiger partial charge >= 0.3 is 0 Å². The lowest BCUT2D eigenvalue weighted by Gasteiger charge is -2.26. The first-order valence-electron chi connectivity index (χ1n) is 6.85. The van der Waals surface area contributed by atoms with Crippen molar-refractivity contribution in [3.63, 3.8) is 0 Å². The number of sulfonamides is 1. The zero-order chi connectivity index (χ0) is 18.0. The predicted octanol–water partition coefficient (Wildman–Crippen LogP) is 4.34. The van der Waals surface area contributed by atoms with Crippen LogP contribution < -0.4 is 4.72 Å². The van der Waals surface area contributed by atoms with Gasteiger partial charge in [-0.1, -0.05) is 78.1 Å². The number of hydrogen-bond donors (Lipinski definition) is 1. The Bertz CT molecular complexity index is 787. The van der Waals surface area contributed by atoms with E-state index in [1.54, 1.807) is 41.8 Å². The van der Waals surface area contributed by atoms with Gasteiger partial charge in [0.05, 0.1) is 6.04 Å². The number of carbonyl (C=O) groups is 1. The van der Waals surface area contributed by atoms with Gasteiger partial charge in [0.1, 0.15) is 4.21 Å². The fraction of sp³-hybridized carbons (Fsp3) is 0.267. The number of hydrogen-bond acceptors (Lipinski definition) is 4. The predicted molar refractivity (Wildman–Crippen MR) is 98.3 cm³/mol. The molecule has 0 aliphatic heterocycles. The molecule has 0 unspecified atom stereocenters. The average molecular weight is 427 g/mol. The second-order valence-corrected chi connectivity index (χ2v) is 10.3. The number of benzene rings is 1. The number of ketones is 1. The van der Waals surface area contributed by atoms with Crippen LogP contribution in [0.2, 0.25) is 0 Å². The molecular weight excluding hydrogens is 413 g/mol. The number of carbonyl (C=O) groups excluding carboxylic acids is 1. The fourth-order valence-electron chi connectivity index (χ4n) is 2.17. The van der Waals surface area contributed by atoms with E-state index in [9.17, 15) is 13.2 Å². The van der Waals surface area contributed by atoms with E-state index < -0.39 is 31.6 Å². The van der Waals surface area contributed by atoms with Crippen LogP contribution in [-0.4, -0.2) is 18.0 Å². The van der Waals surface area contributed by atoms with Crippen molar-refractivity contribution in [2.45, 2.75) is 21.0 Å². The molecule has 2 atom stereocenters. The summed E-state index contributed by atoms with van der Waals surface area (Å²) in [7, 11) is -3.80. The van der Waals surface area contributed by atoms with Crippen LogP contribution >= 0.6 is 46.1 Å². The van der Waals surface area contributed by atoms with E-state index in [1.807, 2.05) is 0 Å². The van der Waals surface area contributed by atoms with Gasteiger partial charge in [-0.3, -0.25) is 4.79 Å². The van der Waals surface area contributed by atoms with Gasteiger partial charge in [-0.25, -0.2) is 13.1 Å². The number of thiophene rings is 1. The molecule has 0 saturated heterocycles. The quantitative estimate of drug-likeness (QED) is 0.699. The maximum Gasteiger partial charge on any atom is 0.250 e. The Morgan fingerprint density at radius 3 is 2.25 bits per heavy atom. The van der Waals surface area contributed by atoms with Crippen LogP contribution in [0, 0.1) is 5.92 Å². The molecule has 24 heavy (non-hydrogen) atoms. The largest absolute Gasteiger partial charge is 0.294 e. The molecular formula is C15H14Cl3NO3S2. The second-order valence-electron chi connectivity index (χ2n) is 5.09. The molecule has 0 bridgehead atoms. The summed E-state index contributed by atoms with van der Waals surface area (Å²) in [6, 6.07) is 11.0. The molecule has 0 spiro atoms. The molecule has 4 nitrogen and oxygen atoms in total. The van der Waals surface area contributed by atoms with Crippen LogP contribution in [0.5, 0.6) is 0 Å². The SMILES string of the molecule is C[C@H](C(=O)C(Cl)(Cl)Cl)[C@@H](NS(=O)(=O)c1cccs1)c1ccccc1. The molecule has 0 aliphatic rings. The number of rotatable bonds is 6. The van der Waals surface area contributed by atoms with E-state index in [0.717, 1.165) is 11.3 Å². The summed E-state index contributed by atoms with van der Waals surface area (Å²) in [4.78, 5) is 12.3. The third kappa shape index (κ3) is 4.71. The normalized spacial score (nSPS) is 15.0. The Kier molecular flexibility index (Phi) is 6.34. The van der Waals surface area contributed by atoms with Crippen molar-refractivity contribution in [1.82, 2.24) is 4.72 Å². The van der Waals surface area contributed by atoms with Crippen LogP contribution in [0.1, 0.15) is 18.5 Å². The number of nitrogens with one attached hydrogen (secondary N) is 1. The standard InChI is InChI=1S/C15H14Cl3NO3S2/c1-10(14(20)15(16,17)18)13(11-6-3-2-4-7-11)19-24(21,22)12-8-5-9-23-12/h2-10,13,19H,1H3/t10-,13+/m0/s1. The van der Waals surface area contributed by atoms with Crippen molar-refractivity contribution in [2.24, 2.45) is 5.92 Å². The van der Waals surface area contributed by atoms with Crippen molar-refractivity contribution in [1.29, 1.82) is 0 Å². The number of alkyl halides is 3. The van der Waals surface area contributed by atoms with E-state index in [-0.39, 0.29) is 4.21 Å². The molecule has 0 aliphatic carbocycles. The van der Waals surface area contributed by atoms with Crippen LogP contribution in [-0.2, 0) is 14.8 Å². The Hall–Kier alpha value is -0.630. The highest BCUT2D eigenvalue weighted by molar-refractivity contribution is 7.91. The molecule has 2 rings (SSSR count). The summed E-state index contributed by atoms with van der Waals surface area (Å²) in [5.41, 5.74) is 0.604. The maximum absolute atomic E-state index is 12.5. The first kappa shape index (κ1) is 19.7. The second kappa shape index (κ2) is 7.72. The third-order valence-electron chi connectivity index (χ3n) is 3.39. The highest BCUT2D eigenvalue weighted by Gasteiger charge is 2.40. The zero-order valence-corrected chi connectivity index (χ0v) is 16.3. The molecule has 0 amide bonds. The van der Waals surface area contributed by atoms with E-state index in [2.05, 4.69) is 4.72 Å².